The molecule has 0 saturated carbocycles. The minimum Gasteiger partial charge on any atom is -0.392 e. The zero-order valence-electron chi connectivity index (χ0n) is 9.03. The highest BCUT2D eigenvalue weighted by molar-refractivity contribution is 9.11. The molecule has 0 spiro atoms. The molecule has 2 N–H and O–H groups in total. The summed E-state index contributed by atoms with van der Waals surface area (Å²) in [5.41, 5.74) is 0. The smallest absolute Gasteiger partial charge is 0.110 e. The minimum atomic E-state index is -0.249. The van der Waals surface area contributed by atoms with Crippen molar-refractivity contribution >= 4 is 27.3 Å². The molecule has 0 aliphatic rings. The van der Waals surface area contributed by atoms with Crippen LogP contribution in [-0.4, -0.2) is 22.7 Å². The lowest BCUT2D eigenvalue weighted by Crippen LogP contribution is -2.28. The first-order valence-corrected chi connectivity index (χ1v) is 6.77. The lowest BCUT2D eigenvalue weighted by molar-refractivity contribution is 0.157. The van der Waals surface area contributed by atoms with E-state index in [0.29, 0.717) is 6.54 Å². The van der Waals surface area contributed by atoms with Gasteiger partial charge in [-0.05, 0) is 29.3 Å². The van der Waals surface area contributed by atoms with Crippen LogP contribution < -0.4 is 5.32 Å². The number of thiazole rings is 1. The van der Waals surface area contributed by atoms with E-state index in [2.05, 4.69) is 40.1 Å². The number of nitrogens with zero attached hydrogens (tertiary/aromatic N) is 1. The summed E-state index contributed by atoms with van der Waals surface area (Å²) in [4.78, 5) is 4.27. The Hall–Kier alpha value is 0.0300. The van der Waals surface area contributed by atoms with E-state index < -0.39 is 0 Å². The number of hydrogen-bond donors (Lipinski definition) is 2. The van der Waals surface area contributed by atoms with Crippen molar-refractivity contribution in [3.63, 3.8) is 0 Å². The third kappa shape index (κ3) is 4.59. The summed E-state index contributed by atoms with van der Waals surface area (Å²) >= 11 is 5.01. The first-order chi connectivity index (χ1) is 7.13. The second kappa shape index (κ2) is 6.58. The number of nitrogens with one attached hydrogen (secondary N) is 1. The summed E-state index contributed by atoms with van der Waals surface area (Å²) in [6.45, 7) is 4.76. The lowest BCUT2D eigenvalue weighted by Gasteiger charge is -2.14. The number of rotatable bonds is 6. The van der Waals surface area contributed by atoms with Gasteiger partial charge in [-0.1, -0.05) is 13.3 Å². The summed E-state index contributed by atoms with van der Waals surface area (Å²) in [5, 5.41) is 13.9. The second-order valence-corrected chi connectivity index (χ2v) is 6.02. The Kier molecular flexibility index (Phi) is 5.74. The maximum absolute atomic E-state index is 9.56. The summed E-state index contributed by atoms with van der Waals surface area (Å²) in [7, 11) is 0. The van der Waals surface area contributed by atoms with Crippen molar-refractivity contribution in [2.24, 2.45) is 0 Å². The highest BCUT2D eigenvalue weighted by atomic mass is 79.9. The Labute approximate surface area is 103 Å². The molecule has 2 unspecified atom stereocenters. The van der Waals surface area contributed by atoms with Gasteiger partial charge in [-0.2, -0.15) is 0 Å². The number of halogens is 1. The van der Waals surface area contributed by atoms with Gasteiger partial charge in [0.15, 0.2) is 0 Å². The average molecular weight is 293 g/mol. The molecule has 3 nitrogen and oxygen atoms in total. The average Bonchev–Trinajstić information content (AvgIpc) is 2.62. The van der Waals surface area contributed by atoms with Gasteiger partial charge in [0.25, 0.3) is 0 Å². The molecule has 1 aromatic rings. The summed E-state index contributed by atoms with van der Waals surface area (Å²) in [6, 6.07) is 0.202. The van der Waals surface area contributed by atoms with Gasteiger partial charge in [0.05, 0.1) is 22.1 Å². The quantitative estimate of drug-likeness (QED) is 0.847. The van der Waals surface area contributed by atoms with Crippen LogP contribution in [0.3, 0.4) is 0 Å². The number of hydrogen-bond acceptors (Lipinski definition) is 4. The molecule has 15 heavy (non-hydrogen) atoms. The Morgan fingerprint density at radius 1 is 1.67 bits per heavy atom. The number of aromatic nitrogens is 1. The van der Waals surface area contributed by atoms with Gasteiger partial charge in [0.2, 0.25) is 0 Å². The Balaban J connectivity index is 2.33. The maximum atomic E-state index is 9.56. The van der Waals surface area contributed by atoms with Crippen LogP contribution in [0.4, 0.5) is 0 Å². The topological polar surface area (TPSA) is 45.1 Å². The summed E-state index contributed by atoms with van der Waals surface area (Å²) in [5.74, 6) is 0. The van der Waals surface area contributed by atoms with Crippen molar-refractivity contribution < 1.29 is 5.11 Å². The number of aliphatic hydroxyl groups excluding tert-OH is 1. The molecule has 0 radical (unpaired) electrons. The van der Waals surface area contributed by atoms with Crippen molar-refractivity contribution in [1.82, 2.24) is 10.3 Å². The molecule has 0 aliphatic heterocycles. The van der Waals surface area contributed by atoms with Gasteiger partial charge in [0, 0.05) is 6.54 Å². The van der Waals surface area contributed by atoms with Crippen molar-refractivity contribution in [3.05, 3.63) is 15.0 Å². The molecule has 0 saturated heterocycles. The van der Waals surface area contributed by atoms with E-state index >= 15 is 0 Å². The molecule has 0 aromatic carbocycles. The first-order valence-electron chi connectivity index (χ1n) is 5.16. The Morgan fingerprint density at radius 2 is 2.40 bits per heavy atom. The van der Waals surface area contributed by atoms with Crippen molar-refractivity contribution in [2.45, 2.75) is 38.8 Å². The third-order valence-corrected chi connectivity index (χ3v) is 3.81. The van der Waals surface area contributed by atoms with Crippen molar-refractivity contribution in [3.8, 4) is 0 Å². The standard InChI is InChI=1S/C10H17BrN2OS/c1-3-4-8(14)5-12-7(2)10-13-6-9(11)15-10/h6-8,12,14H,3-5H2,1-2H3. The zero-order chi connectivity index (χ0) is 11.3. The molecule has 2 atom stereocenters. The minimum absolute atomic E-state index is 0.202. The van der Waals surface area contributed by atoms with Crippen LogP contribution in [0.15, 0.2) is 9.98 Å². The van der Waals surface area contributed by atoms with Crippen LogP contribution in [-0.2, 0) is 0 Å². The fourth-order valence-corrected chi connectivity index (χ4v) is 2.57. The lowest BCUT2D eigenvalue weighted by atomic mass is 10.2. The fourth-order valence-electron chi connectivity index (χ4n) is 1.30. The normalized spacial score (nSPS) is 15.2. The van der Waals surface area contributed by atoms with Crippen molar-refractivity contribution in [1.29, 1.82) is 0 Å². The molecular weight excluding hydrogens is 276 g/mol. The maximum Gasteiger partial charge on any atom is 0.110 e. The van der Waals surface area contributed by atoms with E-state index in [1.54, 1.807) is 17.5 Å². The van der Waals surface area contributed by atoms with E-state index in [1.807, 2.05) is 0 Å². The van der Waals surface area contributed by atoms with Crippen LogP contribution in [0, 0.1) is 0 Å². The van der Waals surface area contributed by atoms with Gasteiger partial charge in [0.1, 0.15) is 5.01 Å². The highest BCUT2D eigenvalue weighted by Crippen LogP contribution is 2.23. The first kappa shape index (κ1) is 13.1. The summed E-state index contributed by atoms with van der Waals surface area (Å²) < 4.78 is 1.04. The third-order valence-electron chi connectivity index (χ3n) is 2.15. The molecular formula is C10H17BrN2OS. The van der Waals surface area contributed by atoms with Gasteiger partial charge < -0.3 is 10.4 Å². The molecule has 0 amide bonds. The predicted octanol–water partition coefficient (Wildman–Crippen LogP) is 2.72. The number of aliphatic hydroxyl groups is 1. The molecule has 1 heterocycles. The SMILES string of the molecule is CCCC(O)CNC(C)c1ncc(Br)s1. The van der Waals surface area contributed by atoms with Gasteiger partial charge in [-0.15, -0.1) is 11.3 Å². The molecule has 0 fully saturated rings. The summed E-state index contributed by atoms with van der Waals surface area (Å²) in [6.07, 6.45) is 3.42. The molecule has 0 bridgehead atoms. The van der Waals surface area contributed by atoms with E-state index in [-0.39, 0.29) is 12.1 Å². The molecule has 1 rings (SSSR count). The van der Waals surface area contributed by atoms with Crippen molar-refractivity contribution in [2.75, 3.05) is 6.54 Å². The van der Waals surface area contributed by atoms with Crippen LogP contribution in [0.2, 0.25) is 0 Å². The molecule has 5 heteroatoms. The van der Waals surface area contributed by atoms with E-state index in [0.717, 1.165) is 21.6 Å². The zero-order valence-corrected chi connectivity index (χ0v) is 11.4. The van der Waals surface area contributed by atoms with Crippen LogP contribution in [0.25, 0.3) is 0 Å². The molecule has 86 valence electrons. The fraction of sp³-hybridized carbons (Fsp3) is 0.700. The molecule has 1 aromatic heterocycles. The predicted molar refractivity (Wildman–Crippen MR) is 67.1 cm³/mol. The van der Waals surface area contributed by atoms with Crippen LogP contribution >= 0.6 is 27.3 Å². The van der Waals surface area contributed by atoms with Crippen LogP contribution in [0.5, 0.6) is 0 Å². The largest absolute Gasteiger partial charge is 0.392 e. The van der Waals surface area contributed by atoms with E-state index in [4.69, 9.17) is 0 Å². The Bertz CT molecular complexity index is 293. The van der Waals surface area contributed by atoms with E-state index in [1.165, 1.54) is 0 Å². The van der Waals surface area contributed by atoms with Gasteiger partial charge >= 0.3 is 0 Å². The van der Waals surface area contributed by atoms with E-state index in [9.17, 15) is 5.11 Å². The monoisotopic (exact) mass is 292 g/mol. The van der Waals surface area contributed by atoms with Gasteiger partial charge in [-0.25, -0.2) is 4.98 Å². The van der Waals surface area contributed by atoms with Gasteiger partial charge in [-0.3, -0.25) is 0 Å². The second-order valence-electron chi connectivity index (χ2n) is 3.58. The Morgan fingerprint density at radius 3 is 2.93 bits per heavy atom. The molecule has 0 aliphatic carbocycles. The van der Waals surface area contributed by atoms with Crippen LogP contribution in [0.1, 0.15) is 37.7 Å². The highest BCUT2D eigenvalue weighted by Gasteiger charge is 2.11.